The summed E-state index contributed by atoms with van der Waals surface area (Å²) in [4.78, 5) is 14.3. The Labute approximate surface area is 144 Å². The number of aromatic nitrogens is 2. The van der Waals surface area contributed by atoms with Crippen molar-refractivity contribution in [3.63, 3.8) is 0 Å². The van der Waals surface area contributed by atoms with E-state index in [9.17, 15) is 4.79 Å². The topological polar surface area (TPSA) is 47.4 Å². The molecule has 0 bridgehead atoms. The highest BCUT2D eigenvalue weighted by molar-refractivity contribution is 9.10. The molecule has 0 saturated carbocycles. The van der Waals surface area contributed by atoms with E-state index in [1.807, 2.05) is 49.2 Å². The van der Waals surface area contributed by atoms with Crippen molar-refractivity contribution in [2.45, 2.75) is 32.6 Å². The predicted octanol–water partition coefficient (Wildman–Crippen LogP) is 2.95. The molecule has 1 amide bonds. The van der Waals surface area contributed by atoms with Gasteiger partial charge in [-0.1, -0.05) is 28.1 Å². The van der Waals surface area contributed by atoms with Crippen LogP contribution in [-0.4, -0.2) is 45.9 Å². The number of carbonyl (C=O) groups excluding carboxylic acids is 1. The van der Waals surface area contributed by atoms with Crippen LogP contribution in [0.5, 0.6) is 0 Å². The Morgan fingerprint density at radius 3 is 2.74 bits per heavy atom. The summed E-state index contributed by atoms with van der Waals surface area (Å²) < 4.78 is 8.39. The third kappa shape index (κ3) is 4.00. The fourth-order valence-electron chi connectivity index (χ4n) is 2.89. The van der Waals surface area contributed by atoms with Crippen molar-refractivity contribution in [1.29, 1.82) is 0 Å². The first kappa shape index (κ1) is 16.2. The molecule has 1 aliphatic rings. The van der Waals surface area contributed by atoms with Gasteiger partial charge in [0, 0.05) is 29.3 Å². The molecular formula is C17H20BrN3O2. The Bertz CT molecular complexity index is 691. The number of amides is 1. The van der Waals surface area contributed by atoms with Gasteiger partial charge >= 0.3 is 0 Å². The van der Waals surface area contributed by atoms with Crippen LogP contribution in [0.4, 0.5) is 0 Å². The summed E-state index contributed by atoms with van der Waals surface area (Å²) in [5, 5.41) is 4.32. The number of ether oxygens (including phenoxy) is 1. The minimum atomic E-state index is 0.0795. The van der Waals surface area contributed by atoms with Gasteiger partial charge in [0.05, 0.1) is 18.4 Å². The van der Waals surface area contributed by atoms with E-state index in [0.29, 0.717) is 13.1 Å². The first-order valence-electron chi connectivity index (χ1n) is 7.73. The molecule has 3 rings (SSSR count). The summed E-state index contributed by atoms with van der Waals surface area (Å²) in [6, 6.07) is 8.03. The summed E-state index contributed by atoms with van der Waals surface area (Å²) in [5.41, 5.74) is 2.08. The van der Waals surface area contributed by atoms with E-state index in [4.69, 9.17) is 4.74 Å². The van der Waals surface area contributed by atoms with E-state index in [0.717, 1.165) is 15.6 Å². The van der Waals surface area contributed by atoms with Crippen molar-refractivity contribution in [2.24, 2.45) is 0 Å². The first-order valence-corrected chi connectivity index (χ1v) is 8.52. The van der Waals surface area contributed by atoms with E-state index < -0.39 is 0 Å². The molecule has 2 heterocycles. The van der Waals surface area contributed by atoms with Crippen molar-refractivity contribution >= 4 is 21.8 Å². The molecular weight excluding hydrogens is 358 g/mol. The van der Waals surface area contributed by atoms with Crippen molar-refractivity contribution in [3.8, 4) is 11.1 Å². The zero-order chi connectivity index (χ0) is 16.4. The molecule has 0 aliphatic carbocycles. The summed E-state index contributed by atoms with van der Waals surface area (Å²) in [5.74, 6) is 0.0795. The van der Waals surface area contributed by atoms with E-state index in [-0.39, 0.29) is 24.7 Å². The van der Waals surface area contributed by atoms with Gasteiger partial charge in [-0.15, -0.1) is 0 Å². The summed E-state index contributed by atoms with van der Waals surface area (Å²) in [6.45, 7) is 5.53. The SMILES string of the molecule is C[C@@H]1CN(C(=O)Cn2cc(-c3cccc(Br)c3)cn2)C[C@H](C)O1. The smallest absolute Gasteiger partial charge is 0.244 e. The molecule has 2 aromatic rings. The molecule has 6 heteroatoms. The van der Waals surface area contributed by atoms with Crippen LogP contribution in [0.3, 0.4) is 0 Å². The monoisotopic (exact) mass is 377 g/mol. The molecule has 0 radical (unpaired) electrons. The number of nitrogens with zero attached hydrogens (tertiary/aromatic N) is 3. The molecule has 1 aromatic heterocycles. The van der Waals surface area contributed by atoms with Crippen molar-refractivity contribution < 1.29 is 9.53 Å². The number of benzene rings is 1. The molecule has 1 aliphatic heterocycles. The average Bonchev–Trinajstić information content (AvgIpc) is 2.95. The Morgan fingerprint density at radius 2 is 2.04 bits per heavy atom. The molecule has 1 aromatic carbocycles. The van der Waals surface area contributed by atoms with Crippen LogP contribution in [0.1, 0.15) is 13.8 Å². The quantitative estimate of drug-likeness (QED) is 0.825. The summed E-state index contributed by atoms with van der Waals surface area (Å²) >= 11 is 3.47. The first-order chi connectivity index (χ1) is 11.0. The zero-order valence-corrected chi connectivity index (χ0v) is 14.9. The van der Waals surface area contributed by atoms with Gasteiger partial charge in [0.15, 0.2) is 0 Å². The minimum Gasteiger partial charge on any atom is -0.372 e. The van der Waals surface area contributed by atoms with Gasteiger partial charge < -0.3 is 9.64 Å². The number of hydrogen-bond donors (Lipinski definition) is 0. The second-order valence-electron chi connectivity index (χ2n) is 5.99. The van der Waals surface area contributed by atoms with Gasteiger partial charge in [-0.25, -0.2) is 0 Å². The number of morpholine rings is 1. The average molecular weight is 378 g/mol. The lowest BCUT2D eigenvalue weighted by Crippen LogP contribution is -2.49. The third-order valence-electron chi connectivity index (χ3n) is 3.86. The molecule has 23 heavy (non-hydrogen) atoms. The third-order valence-corrected chi connectivity index (χ3v) is 4.35. The molecule has 0 N–H and O–H groups in total. The fourth-order valence-corrected chi connectivity index (χ4v) is 3.29. The van der Waals surface area contributed by atoms with E-state index in [2.05, 4.69) is 21.0 Å². The van der Waals surface area contributed by atoms with Crippen molar-refractivity contribution in [3.05, 3.63) is 41.1 Å². The Balaban J connectivity index is 1.68. The van der Waals surface area contributed by atoms with Crippen molar-refractivity contribution in [1.82, 2.24) is 14.7 Å². The molecule has 5 nitrogen and oxygen atoms in total. The van der Waals surface area contributed by atoms with Gasteiger partial charge in [-0.05, 0) is 31.5 Å². The van der Waals surface area contributed by atoms with Gasteiger partial charge in [0.2, 0.25) is 5.91 Å². The lowest BCUT2D eigenvalue weighted by atomic mass is 10.1. The maximum Gasteiger partial charge on any atom is 0.244 e. The lowest BCUT2D eigenvalue weighted by Gasteiger charge is -2.35. The highest BCUT2D eigenvalue weighted by Crippen LogP contribution is 2.22. The summed E-state index contributed by atoms with van der Waals surface area (Å²) in [6.07, 6.45) is 3.86. The lowest BCUT2D eigenvalue weighted by molar-refractivity contribution is -0.144. The fraction of sp³-hybridized carbons (Fsp3) is 0.412. The molecule has 0 spiro atoms. The normalized spacial score (nSPS) is 21.4. The molecule has 122 valence electrons. The van der Waals surface area contributed by atoms with E-state index >= 15 is 0 Å². The van der Waals surface area contributed by atoms with E-state index in [1.165, 1.54) is 0 Å². The van der Waals surface area contributed by atoms with Crippen LogP contribution in [0, 0.1) is 0 Å². The van der Waals surface area contributed by atoms with E-state index in [1.54, 1.807) is 10.9 Å². The Hall–Kier alpha value is -1.66. The Kier molecular flexibility index (Phi) is 4.82. The number of carbonyl (C=O) groups is 1. The number of halogens is 1. The predicted molar refractivity (Wildman–Crippen MR) is 92.0 cm³/mol. The van der Waals surface area contributed by atoms with Crippen LogP contribution in [-0.2, 0) is 16.1 Å². The van der Waals surface area contributed by atoms with Crippen LogP contribution in [0.15, 0.2) is 41.1 Å². The minimum absolute atomic E-state index is 0.0795. The zero-order valence-electron chi connectivity index (χ0n) is 13.3. The molecule has 0 unspecified atom stereocenters. The Morgan fingerprint density at radius 1 is 1.30 bits per heavy atom. The van der Waals surface area contributed by atoms with Crippen LogP contribution in [0.25, 0.3) is 11.1 Å². The maximum absolute atomic E-state index is 12.5. The highest BCUT2D eigenvalue weighted by Gasteiger charge is 2.25. The second-order valence-corrected chi connectivity index (χ2v) is 6.91. The highest BCUT2D eigenvalue weighted by atomic mass is 79.9. The largest absolute Gasteiger partial charge is 0.372 e. The maximum atomic E-state index is 12.5. The van der Waals surface area contributed by atoms with Crippen molar-refractivity contribution in [2.75, 3.05) is 13.1 Å². The number of rotatable bonds is 3. The molecule has 2 atom stereocenters. The van der Waals surface area contributed by atoms with Gasteiger partial charge in [-0.2, -0.15) is 5.10 Å². The number of hydrogen-bond acceptors (Lipinski definition) is 3. The standard InChI is InChI=1S/C17H20BrN3O2/c1-12-8-20(9-13(2)23-12)17(22)11-21-10-15(7-19-21)14-4-3-5-16(18)6-14/h3-7,10,12-13H,8-9,11H2,1-2H3/t12-,13+. The van der Waals surface area contributed by atoms with Crippen LogP contribution in [0.2, 0.25) is 0 Å². The molecule has 1 saturated heterocycles. The van der Waals surface area contributed by atoms with Gasteiger partial charge in [-0.3, -0.25) is 9.48 Å². The molecule has 1 fully saturated rings. The second kappa shape index (κ2) is 6.84. The summed E-state index contributed by atoms with van der Waals surface area (Å²) in [7, 11) is 0. The van der Waals surface area contributed by atoms with Crippen LogP contribution < -0.4 is 0 Å². The van der Waals surface area contributed by atoms with Crippen LogP contribution >= 0.6 is 15.9 Å². The van der Waals surface area contributed by atoms with Gasteiger partial charge in [0.1, 0.15) is 6.54 Å². The van der Waals surface area contributed by atoms with Gasteiger partial charge in [0.25, 0.3) is 0 Å².